The van der Waals surface area contributed by atoms with Gasteiger partial charge in [-0.1, -0.05) is 0 Å². The number of halogens is 2. The standard InChI is InChI=1S/C16H27BrN4OS.HI/c1-6-18-14(22)16(3,4)11-20-15(19-7-2)21(5)10-12-8-9-13(17)23-12;/h8-9H,6-7,10-11H2,1-5H3,(H,18,22)(H,19,20);1H. The summed E-state index contributed by atoms with van der Waals surface area (Å²) in [5.74, 6) is 0.846. The van der Waals surface area contributed by atoms with Gasteiger partial charge in [-0.25, -0.2) is 0 Å². The van der Waals surface area contributed by atoms with E-state index < -0.39 is 5.41 Å². The number of hydrogen-bond donors (Lipinski definition) is 2. The van der Waals surface area contributed by atoms with Gasteiger partial charge in [0.1, 0.15) is 0 Å². The van der Waals surface area contributed by atoms with Gasteiger partial charge >= 0.3 is 0 Å². The van der Waals surface area contributed by atoms with E-state index in [1.165, 1.54) is 4.88 Å². The van der Waals surface area contributed by atoms with Crippen LogP contribution in [0.15, 0.2) is 20.9 Å². The molecule has 24 heavy (non-hydrogen) atoms. The lowest BCUT2D eigenvalue weighted by Crippen LogP contribution is -2.42. The van der Waals surface area contributed by atoms with Crippen LogP contribution in [0.1, 0.15) is 32.6 Å². The van der Waals surface area contributed by atoms with E-state index in [-0.39, 0.29) is 29.9 Å². The molecule has 0 unspecified atom stereocenters. The largest absolute Gasteiger partial charge is 0.357 e. The van der Waals surface area contributed by atoms with Crippen molar-refractivity contribution in [2.45, 2.75) is 34.2 Å². The van der Waals surface area contributed by atoms with Gasteiger partial charge in [0.15, 0.2) is 5.96 Å². The summed E-state index contributed by atoms with van der Waals surface area (Å²) in [6.07, 6.45) is 0. The van der Waals surface area contributed by atoms with E-state index in [0.29, 0.717) is 13.1 Å². The quantitative estimate of drug-likeness (QED) is 0.321. The van der Waals surface area contributed by atoms with Crippen molar-refractivity contribution >= 4 is 63.1 Å². The van der Waals surface area contributed by atoms with Crippen LogP contribution in [0.5, 0.6) is 0 Å². The number of carbonyl (C=O) groups excluding carboxylic acids is 1. The Hall–Kier alpha value is -0.350. The summed E-state index contributed by atoms with van der Waals surface area (Å²) in [4.78, 5) is 20.1. The van der Waals surface area contributed by atoms with Crippen LogP contribution in [0.4, 0.5) is 0 Å². The molecule has 0 aliphatic carbocycles. The molecule has 0 aromatic carbocycles. The molecule has 0 atom stereocenters. The van der Waals surface area contributed by atoms with Crippen LogP contribution in [0.3, 0.4) is 0 Å². The molecular formula is C16H28BrIN4OS. The van der Waals surface area contributed by atoms with E-state index in [0.717, 1.165) is 22.8 Å². The van der Waals surface area contributed by atoms with Crippen LogP contribution in [0.25, 0.3) is 0 Å². The number of hydrogen-bond acceptors (Lipinski definition) is 3. The first-order valence-electron chi connectivity index (χ1n) is 7.82. The zero-order valence-electron chi connectivity index (χ0n) is 15.0. The maximum Gasteiger partial charge on any atom is 0.227 e. The highest BCUT2D eigenvalue weighted by Crippen LogP contribution is 2.23. The van der Waals surface area contributed by atoms with E-state index >= 15 is 0 Å². The molecule has 0 spiro atoms. The number of nitrogens with zero attached hydrogens (tertiary/aromatic N) is 2. The van der Waals surface area contributed by atoms with Crippen molar-refractivity contribution in [2.24, 2.45) is 10.4 Å². The topological polar surface area (TPSA) is 56.7 Å². The highest BCUT2D eigenvalue weighted by atomic mass is 127. The second-order valence-corrected chi connectivity index (χ2v) is 8.52. The minimum absolute atomic E-state index is 0. The van der Waals surface area contributed by atoms with Gasteiger partial charge in [0, 0.05) is 25.0 Å². The monoisotopic (exact) mass is 530 g/mol. The molecule has 0 aliphatic rings. The molecule has 0 saturated heterocycles. The summed E-state index contributed by atoms with van der Waals surface area (Å²) in [5.41, 5.74) is -0.524. The van der Waals surface area contributed by atoms with Gasteiger partial charge in [0.05, 0.1) is 22.3 Å². The van der Waals surface area contributed by atoms with Crippen LogP contribution >= 0.6 is 51.2 Å². The van der Waals surface area contributed by atoms with Gasteiger partial charge in [-0.05, 0) is 55.8 Å². The summed E-state index contributed by atoms with van der Waals surface area (Å²) in [6, 6.07) is 4.16. The predicted molar refractivity (Wildman–Crippen MR) is 117 cm³/mol. The van der Waals surface area contributed by atoms with Crippen molar-refractivity contribution < 1.29 is 4.79 Å². The zero-order chi connectivity index (χ0) is 17.5. The number of amides is 1. The first-order chi connectivity index (χ1) is 10.8. The average Bonchev–Trinajstić information content (AvgIpc) is 2.88. The third-order valence-electron chi connectivity index (χ3n) is 3.29. The Morgan fingerprint density at radius 1 is 1.29 bits per heavy atom. The van der Waals surface area contributed by atoms with Crippen molar-refractivity contribution in [3.63, 3.8) is 0 Å². The molecule has 5 nitrogen and oxygen atoms in total. The third kappa shape index (κ3) is 7.69. The first kappa shape index (κ1) is 23.6. The van der Waals surface area contributed by atoms with Crippen molar-refractivity contribution in [3.8, 4) is 0 Å². The van der Waals surface area contributed by atoms with Crippen LogP contribution in [-0.4, -0.2) is 43.4 Å². The van der Waals surface area contributed by atoms with Crippen LogP contribution in [-0.2, 0) is 11.3 Å². The number of aliphatic imine (C=N–C) groups is 1. The number of carbonyl (C=O) groups is 1. The van der Waals surface area contributed by atoms with Crippen molar-refractivity contribution in [1.82, 2.24) is 15.5 Å². The molecule has 138 valence electrons. The first-order valence-corrected chi connectivity index (χ1v) is 9.43. The fourth-order valence-electron chi connectivity index (χ4n) is 1.96. The van der Waals surface area contributed by atoms with Crippen LogP contribution in [0.2, 0.25) is 0 Å². The minimum atomic E-state index is -0.524. The molecule has 1 heterocycles. The predicted octanol–water partition coefficient (Wildman–Crippen LogP) is 3.69. The van der Waals surface area contributed by atoms with Gasteiger partial charge in [0.2, 0.25) is 5.91 Å². The Morgan fingerprint density at radius 2 is 1.92 bits per heavy atom. The molecule has 0 aliphatic heterocycles. The molecule has 0 saturated carbocycles. The number of nitrogens with one attached hydrogen (secondary N) is 2. The summed E-state index contributed by atoms with van der Waals surface area (Å²) in [5, 5.41) is 6.16. The lowest BCUT2D eigenvalue weighted by molar-refractivity contribution is -0.128. The number of guanidine groups is 1. The molecule has 0 fully saturated rings. The SMILES string of the molecule is CCNC(=O)C(C)(C)CN=C(NCC)N(C)Cc1ccc(Br)s1.I. The molecular weight excluding hydrogens is 503 g/mol. The van der Waals surface area contributed by atoms with E-state index in [1.54, 1.807) is 11.3 Å². The smallest absolute Gasteiger partial charge is 0.227 e. The van der Waals surface area contributed by atoms with Crippen molar-refractivity contribution in [3.05, 3.63) is 20.8 Å². The van der Waals surface area contributed by atoms with E-state index in [4.69, 9.17) is 0 Å². The fourth-order valence-corrected chi connectivity index (χ4v) is 3.50. The summed E-state index contributed by atoms with van der Waals surface area (Å²) < 4.78 is 1.13. The normalized spacial score (nSPS) is 11.7. The Labute approximate surface area is 174 Å². The molecule has 8 heteroatoms. The van der Waals surface area contributed by atoms with Gasteiger partial charge in [-0.2, -0.15) is 0 Å². The van der Waals surface area contributed by atoms with Gasteiger partial charge in [-0.3, -0.25) is 9.79 Å². The van der Waals surface area contributed by atoms with E-state index in [1.807, 2.05) is 34.7 Å². The van der Waals surface area contributed by atoms with Gasteiger partial charge in [0.25, 0.3) is 0 Å². The minimum Gasteiger partial charge on any atom is -0.357 e. The molecule has 0 radical (unpaired) electrons. The van der Waals surface area contributed by atoms with Crippen molar-refractivity contribution in [1.29, 1.82) is 0 Å². The average molecular weight is 531 g/mol. The highest BCUT2D eigenvalue weighted by Gasteiger charge is 2.27. The Morgan fingerprint density at radius 3 is 2.42 bits per heavy atom. The molecule has 1 rings (SSSR count). The zero-order valence-corrected chi connectivity index (χ0v) is 19.7. The van der Waals surface area contributed by atoms with Crippen molar-refractivity contribution in [2.75, 3.05) is 26.7 Å². The third-order valence-corrected chi connectivity index (χ3v) is 4.90. The fraction of sp³-hybridized carbons (Fsp3) is 0.625. The summed E-state index contributed by atoms with van der Waals surface area (Å²) in [6.45, 7) is 10.5. The van der Waals surface area contributed by atoms with Gasteiger partial charge < -0.3 is 15.5 Å². The number of thiophene rings is 1. The second-order valence-electron chi connectivity index (χ2n) is 5.98. The summed E-state index contributed by atoms with van der Waals surface area (Å²) in [7, 11) is 2.01. The molecule has 0 bridgehead atoms. The van der Waals surface area contributed by atoms with Crippen LogP contribution < -0.4 is 10.6 Å². The maximum absolute atomic E-state index is 12.1. The van der Waals surface area contributed by atoms with E-state index in [9.17, 15) is 4.79 Å². The lowest BCUT2D eigenvalue weighted by Gasteiger charge is -2.25. The molecule has 1 aromatic rings. The van der Waals surface area contributed by atoms with Crippen LogP contribution in [0, 0.1) is 5.41 Å². The molecule has 1 aromatic heterocycles. The Bertz CT molecular complexity index is 548. The van der Waals surface area contributed by atoms with Gasteiger partial charge in [-0.15, -0.1) is 35.3 Å². The highest BCUT2D eigenvalue weighted by molar-refractivity contribution is 14.0. The maximum atomic E-state index is 12.1. The Balaban J connectivity index is 0.00000529. The Kier molecular flexibility index (Phi) is 11.1. The molecule has 1 amide bonds. The second kappa shape index (κ2) is 11.3. The number of rotatable bonds is 7. The molecule has 2 N–H and O–H groups in total. The summed E-state index contributed by atoms with van der Waals surface area (Å²) >= 11 is 5.20. The van der Waals surface area contributed by atoms with E-state index in [2.05, 4.69) is 48.6 Å². The lowest BCUT2D eigenvalue weighted by atomic mass is 9.92.